The van der Waals surface area contributed by atoms with Crippen LogP contribution in [-0.2, 0) is 17.8 Å². The molecule has 1 atom stereocenters. The molecule has 3 aromatic carbocycles. The number of nitrogens with one attached hydrogen (secondary N) is 2. The molecule has 9 heteroatoms. The average Bonchev–Trinajstić information content (AvgIpc) is 3.00. The lowest BCUT2D eigenvalue weighted by molar-refractivity contribution is -0.120. The van der Waals surface area contributed by atoms with Crippen LogP contribution in [0.15, 0.2) is 91.1 Å². The van der Waals surface area contributed by atoms with Gasteiger partial charge in [0.25, 0.3) is 11.8 Å². The molecule has 3 amide bonds. The molecule has 5 rings (SSSR count). The molecule has 2 N–H and O–H groups in total. The van der Waals surface area contributed by atoms with Gasteiger partial charge in [-0.15, -0.1) is 0 Å². The SMILES string of the molecule is O=C(Nc1ccccn1)c1ccc(CN2C(=O)c3ccc(Cl)cc3NC(=O)[C@H]2Cc2ccc(F)cc2)cc1. The van der Waals surface area contributed by atoms with Gasteiger partial charge in [-0.1, -0.05) is 41.9 Å². The zero-order valence-electron chi connectivity index (χ0n) is 20.0. The Morgan fingerprint density at radius 2 is 1.71 bits per heavy atom. The molecule has 2 heterocycles. The third-order valence-corrected chi connectivity index (χ3v) is 6.46. The van der Waals surface area contributed by atoms with E-state index in [9.17, 15) is 18.8 Å². The van der Waals surface area contributed by atoms with Crippen LogP contribution in [0, 0.1) is 5.82 Å². The number of carbonyl (C=O) groups excluding carboxylic acids is 3. The Bertz CT molecular complexity index is 1500. The molecule has 0 fully saturated rings. The standard InChI is InChI=1S/C29H22ClFN4O3/c30-21-10-13-23-24(16-21)33-28(37)25(15-18-6-11-22(31)12-7-18)35(29(23)38)17-19-4-8-20(9-5-19)27(36)34-26-3-1-2-14-32-26/h1-14,16,25H,15,17H2,(H,33,37)(H,32,34,36)/t25-/m1/s1. The molecular formula is C29H22ClFN4O3. The molecule has 1 aromatic heterocycles. The number of amides is 3. The summed E-state index contributed by atoms with van der Waals surface area (Å²) in [6, 6.07) is 21.7. The summed E-state index contributed by atoms with van der Waals surface area (Å²) in [6.45, 7) is 0.113. The van der Waals surface area contributed by atoms with Crippen molar-refractivity contribution in [3.63, 3.8) is 0 Å². The summed E-state index contributed by atoms with van der Waals surface area (Å²) in [7, 11) is 0. The lowest BCUT2D eigenvalue weighted by Gasteiger charge is -2.29. The molecule has 1 aliphatic heterocycles. The lowest BCUT2D eigenvalue weighted by atomic mass is 10.0. The van der Waals surface area contributed by atoms with Gasteiger partial charge in [0.1, 0.15) is 17.7 Å². The first kappa shape index (κ1) is 25.1. The maximum atomic E-state index is 13.7. The first-order valence-electron chi connectivity index (χ1n) is 11.8. The normalized spacial score (nSPS) is 14.9. The highest BCUT2D eigenvalue weighted by atomic mass is 35.5. The summed E-state index contributed by atoms with van der Waals surface area (Å²) < 4.78 is 13.5. The van der Waals surface area contributed by atoms with E-state index in [4.69, 9.17) is 11.6 Å². The van der Waals surface area contributed by atoms with Crippen molar-refractivity contribution >= 4 is 40.8 Å². The van der Waals surface area contributed by atoms with Crippen LogP contribution >= 0.6 is 11.6 Å². The summed E-state index contributed by atoms with van der Waals surface area (Å²) in [5, 5.41) is 5.94. The second-order valence-electron chi connectivity index (χ2n) is 8.82. The molecular weight excluding hydrogens is 507 g/mol. The fourth-order valence-electron chi connectivity index (χ4n) is 4.27. The van der Waals surface area contributed by atoms with Crippen molar-refractivity contribution in [2.24, 2.45) is 0 Å². The third-order valence-electron chi connectivity index (χ3n) is 6.23. The Morgan fingerprint density at radius 1 is 0.974 bits per heavy atom. The van der Waals surface area contributed by atoms with Crippen LogP contribution in [0.2, 0.25) is 5.02 Å². The molecule has 7 nitrogen and oxygen atoms in total. The van der Waals surface area contributed by atoms with Crippen LogP contribution in [-0.4, -0.2) is 33.6 Å². The minimum atomic E-state index is -0.869. The van der Waals surface area contributed by atoms with Crippen LogP contribution in [0.25, 0.3) is 0 Å². The van der Waals surface area contributed by atoms with Gasteiger partial charge in [0.2, 0.25) is 5.91 Å². The van der Waals surface area contributed by atoms with Gasteiger partial charge in [-0.2, -0.15) is 0 Å². The van der Waals surface area contributed by atoms with Crippen LogP contribution in [0.1, 0.15) is 31.8 Å². The molecule has 0 aliphatic carbocycles. The lowest BCUT2D eigenvalue weighted by Crippen LogP contribution is -2.46. The second-order valence-corrected chi connectivity index (χ2v) is 9.26. The number of fused-ring (bicyclic) bond motifs is 1. The predicted octanol–water partition coefficient (Wildman–Crippen LogP) is 5.33. The van der Waals surface area contributed by atoms with E-state index in [-0.39, 0.29) is 36.5 Å². The number of halogens is 2. The Labute approximate surface area is 223 Å². The Hall–Kier alpha value is -4.56. The maximum Gasteiger partial charge on any atom is 0.256 e. The van der Waals surface area contributed by atoms with Crippen molar-refractivity contribution in [3.8, 4) is 0 Å². The first-order valence-corrected chi connectivity index (χ1v) is 12.2. The van der Waals surface area contributed by atoms with Crippen LogP contribution in [0.3, 0.4) is 0 Å². The predicted molar refractivity (Wildman–Crippen MR) is 142 cm³/mol. The highest BCUT2D eigenvalue weighted by Gasteiger charge is 2.35. The van der Waals surface area contributed by atoms with Crippen LogP contribution in [0.4, 0.5) is 15.9 Å². The molecule has 38 heavy (non-hydrogen) atoms. The number of rotatable bonds is 6. The molecule has 0 saturated heterocycles. The van der Waals surface area contributed by atoms with Gasteiger partial charge in [-0.25, -0.2) is 9.37 Å². The highest BCUT2D eigenvalue weighted by Crippen LogP contribution is 2.29. The van der Waals surface area contributed by atoms with Crippen molar-refractivity contribution in [2.45, 2.75) is 19.0 Å². The highest BCUT2D eigenvalue weighted by molar-refractivity contribution is 6.31. The largest absolute Gasteiger partial charge is 0.323 e. The molecule has 0 saturated carbocycles. The van der Waals surface area contributed by atoms with Gasteiger partial charge in [-0.3, -0.25) is 14.4 Å². The van der Waals surface area contributed by atoms with Gasteiger partial charge in [-0.05, 0) is 65.7 Å². The van der Waals surface area contributed by atoms with E-state index in [2.05, 4.69) is 15.6 Å². The van der Waals surface area contributed by atoms with E-state index in [1.54, 1.807) is 79.0 Å². The molecule has 190 valence electrons. The van der Waals surface area contributed by atoms with Gasteiger partial charge in [0.15, 0.2) is 0 Å². The number of anilines is 2. The fourth-order valence-corrected chi connectivity index (χ4v) is 4.44. The number of benzene rings is 3. The number of aromatic nitrogens is 1. The molecule has 0 spiro atoms. The Balaban J connectivity index is 1.42. The molecule has 4 aromatic rings. The summed E-state index contributed by atoms with van der Waals surface area (Å²) in [5.41, 5.74) is 2.50. The van der Waals surface area contributed by atoms with Crippen molar-refractivity contribution in [2.75, 3.05) is 10.6 Å². The first-order chi connectivity index (χ1) is 18.4. The number of nitrogens with zero attached hydrogens (tertiary/aromatic N) is 2. The summed E-state index contributed by atoms with van der Waals surface area (Å²) >= 11 is 6.12. The number of hydrogen-bond acceptors (Lipinski definition) is 4. The summed E-state index contributed by atoms with van der Waals surface area (Å²) in [5.74, 6) is -0.999. The van der Waals surface area contributed by atoms with Gasteiger partial charge in [0.05, 0.1) is 11.3 Å². The minimum Gasteiger partial charge on any atom is -0.323 e. The van der Waals surface area contributed by atoms with Crippen molar-refractivity contribution in [1.29, 1.82) is 0 Å². The third kappa shape index (κ3) is 5.55. The van der Waals surface area contributed by atoms with Crippen molar-refractivity contribution in [1.82, 2.24) is 9.88 Å². The van der Waals surface area contributed by atoms with E-state index < -0.39 is 6.04 Å². The Kier molecular flexibility index (Phi) is 7.15. The fraction of sp³-hybridized carbons (Fsp3) is 0.103. The van der Waals surface area contributed by atoms with Crippen molar-refractivity contribution < 1.29 is 18.8 Å². The molecule has 0 radical (unpaired) electrons. The second kappa shape index (κ2) is 10.8. The van der Waals surface area contributed by atoms with E-state index in [1.165, 1.54) is 17.0 Å². The maximum absolute atomic E-state index is 13.7. The summed E-state index contributed by atoms with van der Waals surface area (Å²) in [6.07, 6.45) is 1.77. The van der Waals surface area contributed by atoms with E-state index in [1.807, 2.05) is 0 Å². The topological polar surface area (TPSA) is 91.4 Å². The molecule has 1 aliphatic rings. The van der Waals surface area contributed by atoms with E-state index in [0.29, 0.717) is 33.2 Å². The molecule has 0 unspecified atom stereocenters. The van der Waals surface area contributed by atoms with E-state index >= 15 is 0 Å². The van der Waals surface area contributed by atoms with Gasteiger partial charge in [0, 0.05) is 29.7 Å². The van der Waals surface area contributed by atoms with Gasteiger partial charge < -0.3 is 15.5 Å². The number of carbonyl (C=O) groups is 3. The average molecular weight is 529 g/mol. The van der Waals surface area contributed by atoms with Crippen LogP contribution < -0.4 is 10.6 Å². The molecule has 0 bridgehead atoms. The van der Waals surface area contributed by atoms with Gasteiger partial charge >= 0.3 is 0 Å². The van der Waals surface area contributed by atoms with Crippen molar-refractivity contribution in [3.05, 3.63) is 124 Å². The minimum absolute atomic E-state index is 0.113. The zero-order valence-corrected chi connectivity index (χ0v) is 20.8. The quantitative estimate of drug-likeness (QED) is 0.354. The Morgan fingerprint density at radius 3 is 2.42 bits per heavy atom. The zero-order chi connectivity index (χ0) is 26.6. The number of pyridine rings is 1. The van der Waals surface area contributed by atoms with Crippen LogP contribution in [0.5, 0.6) is 0 Å². The monoisotopic (exact) mass is 528 g/mol. The number of hydrogen-bond donors (Lipinski definition) is 2. The van der Waals surface area contributed by atoms with E-state index in [0.717, 1.165) is 5.56 Å². The summed E-state index contributed by atoms with van der Waals surface area (Å²) in [4.78, 5) is 45.2. The smallest absolute Gasteiger partial charge is 0.256 e.